The number of hydrogen-bond donors (Lipinski definition) is 0. The van der Waals surface area contributed by atoms with Crippen molar-refractivity contribution in [3.8, 4) is 11.5 Å². The SMILES string of the molecule is C=CCOc1c[c]cc(OCCN2CCCC2)c1. The van der Waals surface area contributed by atoms with Crippen molar-refractivity contribution in [1.29, 1.82) is 0 Å². The zero-order valence-electron chi connectivity index (χ0n) is 10.7. The van der Waals surface area contributed by atoms with Crippen LogP contribution in [-0.4, -0.2) is 37.7 Å². The summed E-state index contributed by atoms with van der Waals surface area (Å²) in [5.74, 6) is 1.59. The van der Waals surface area contributed by atoms with Gasteiger partial charge in [0.25, 0.3) is 0 Å². The normalized spacial score (nSPS) is 15.6. The lowest BCUT2D eigenvalue weighted by Crippen LogP contribution is -2.25. The van der Waals surface area contributed by atoms with Gasteiger partial charge in [-0.15, -0.1) is 0 Å². The van der Waals surface area contributed by atoms with E-state index >= 15 is 0 Å². The average Bonchev–Trinajstić information content (AvgIpc) is 2.90. The van der Waals surface area contributed by atoms with E-state index in [0.29, 0.717) is 6.61 Å². The highest BCUT2D eigenvalue weighted by Crippen LogP contribution is 2.19. The minimum atomic E-state index is 0.505. The van der Waals surface area contributed by atoms with Crippen LogP contribution in [0.1, 0.15) is 12.8 Å². The Balaban J connectivity index is 1.75. The highest BCUT2D eigenvalue weighted by molar-refractivity contribution is 5.32. The second-order valence-corrected chi connectivity index (χ2v) is 4.40. The summed E-state index contributed by atoms with van der Waals surface area (Å²) >= 11 is 0. The van der Waals surface area contributed by atoms with E-state index in [1.54, 1.807) is 12.1 Å². The van der Waals surface area contributed by atoms with Crippen LogP contribution in [-0.2, 0) is 0 Å². The first-order valence-corrected chi connectivity index (χ1v) is 6.48. The molecule has 0 aromatic heterocycles. The van der Waals surface area contributed by atoms with Crippen LogP contribution in [0.4, 0.5) is 0 Å². The topological polar surface area (TPSA) is 21.7 Å². The van der Waals surface area contributed by atoms with Crippen molar-refractivity contribution >= 4 is 0 Å². The van der Waals surface area contributed by atoms with E-state index in [0.717, 1.165) is 24.7 Å². The van der Waals surface area contributed by atoms with Gasteiger partial charge in [-0.25, -0.2) is 0 Å². The first kappa shape index (κ1) is 13.0. The van der Waals surface area contributed by atoms with E-state index in [-0.39, 0.29) is 0 Å². The van der Waals surface area contributed by atoms with Gasteiger partial charge in [0.1, 0.15) is 24.7 Å². The molecule has 3 nitrogen and oxygen atoms in total. The maximum absolute atomic E-state index is 5.71. The summed E-state index contributed by atoms with van der Waals surface area (Å²) in [6, 6.07) is 8.55. The summed E-state index contributed by atoms with van der Waals surface area (Å²) in [7, 11) is 0. The molecule has 1 aromatic carbocycles. The zero-order valence-corrected chi connectivity index (χ0v) is 10.7. The molecule has 1 fully saturated rings. The van der Waals surface area contributed by atoms with E-state index in [4.69, 9.17) is 9.47 Å². The van der Waals surface area contributed by atoms with Gasteiger partial charge in [-0.3, -0.25) is 4.90 Å². The first-order chi connectivity index (χ1) is 8.88. The van der Waals surface area contributed by atoms with E-state index in [2.05, 4.69) is 17.5 Å². The molecule has 0 spiro atoms. The minimum Gasteiger partial charge on any atom is -0.492 e. The van der Waals surface area contributed by atoms with Crippen LogP contribution in [0.3, 0.4) is 0 Å². The standard InChI is InChI=1S/C15H20NO2/c1-2-11-17-14-6-5-7-15(13-14)18-12-10-16-8-3-4-9-16/h2,6-7,13H,1,3-4,8-12H2. The lowest BCUT2D eigenvalue weighted by molar-refractivity contribution is 0.237. The molecular formula is C15H20NO2. The third-order valence-corrected chi connectivity index (χ3v) is 2.98. The Hall–Kier alpha value is -1.48. The second-order valence-electron chi connectivity index (χ2n) is 4.40. The van der Waals surface area contributed by atoms with Crippen molar-refractivity contribution < 1.29 is 9.47 Å². The zero-order chi connectivity index (χ0) is 12.6. The third kappa shape index (κ3) is 4.08. The quantitative estimate of drug-likeness (QED) is 0.690. The van der Waals surface area contributed by atoms with Gasteiger partial charge in [0, 0.05) is 12.6 Å². The molecule has 0 amide bonds. The number of rotatable bonds is 7. The lowest BCUT2D eigenvalue weighted by atomic mass is 10.3. The molecule has 0 aliphatic carbocycles. The number of ether oxygens (including phenoxy) is 2. The van der Waals surface area contributed by atoms with Gasteiger partial charge in [0.05, 0.1) is 0 Å². The average molecular weight is 246 g/mol. The fraction of sp³-hybridized carbons (Fsp3) is 0.467. The molecule has 0 unspecified atom stereocenters. The molecule has 1 aliphatic rings. The predicted octanol–water partition coefficient (Wildman–Crippen LogP) is 2.53. The maximum atomic E-state index is 5.71. The monoisotopic (exact) mass is 246 g/mol. The molecule has 97 valence electrons. The van der Waals surface area contributed by atoms with Crippen LogP contribution in [0, 0.1) is 6.07 Å². The second kappa shape index (κ2) is 7.07. The van der Waals surface area contributed by atoms with Gasteiger partial charge in [0.2, 0.25) is 0 Å². The Morgan fingerprint density at radius 1 is 1.22 bits per heavy atom. The Labute approximate surface area is 109 Å². The van der Waals surface area contributed by atoms with E-state index in [9.17, 15) is 0 Å². The van der Waals surface area contributed by atoms with Crippen LogP contribution in [0.15, 0.2) is 30.9 Å². The van der Waals surface area contributed by atoms with Gasteiger partial charge in [-0.1, -0.05) is 12.7 Å². The highest BCUT2D eigenvalue weighted by atomic mass is 16.5. The summed E-state index contributed by atoms with van der Waals surface area (Å²) in [5.41, 5.74) is 0. The first-order valence-electron chi connectivity index (χ1n) is 6.48. The van der Waals surface area contributed by atoms with Crippen LogP contribution >= 0.6 is 0 Å². The van der Waals surface area contributed by atoms with Crippen LogP contribution in [0.2, 0.25) is 0 Å². The summed E-state index contributed by atoms with van der Waals surface area (Å²) in [4.78, 5) is 2.43. The molecule has 3 heteroatoms. The van der Waals surface area contributed by atoms with Crippen molar-refractivity contribution in [2.24, 2.45) is 0 Å². The molecule has 0 bridgehead atoms. The molecule has 2 rings (SSSR count). The van der Waals surface area contributed by atoms with E-state index in [1.807, 2.05) is 12.1 Å². The van der Waals surface area contributed by atoms with Gasteiger partial charge >= 0.3 is 0 Å². The number of benzene rings is 1. The Morgan fingerprint density at radius 2 is 1.94 bits per heavy atom. The van der Waals surface area contributed by atoms with Crippen molar-refractivity contribution in [2.75, 3.05) is 32.8 Å². The van der Waals surface area contributed by atoms with Crippen LogP contribution < -0.4 is 9.47 Å². The summed E-state index contributed by atoms with van der Waals surface area (Å²) in [5, 5.41) is 0. The van der Waals surface area contributed by atoms with Crippen molar-refractivity contribution in [1.82, 2.24) is 4.90 Å². The Morgan fingerprint density at radius 3 is 2.67 bits per heavy atom. The van der Waals surface area contributed by atoms with Crippen LogP contribution in [0.25, 0.3) is 0 Å². The van der Waals surface area contributed by atoms with Gasteiger partial charge in [-0.05, 0) is 44.1 Å². The molecule has 1 heterocycles. The molecule has 18 heavy (non-hydrogen) atoms. The number of likely N-dealkylation sites (tertiary alicyclic amines) is 1. The van der Waals surface area contributed by atoms with Gasteiger partial charge in [0.15, 0.2) is 0 Å². The molecule has 0 saturated carbocycles. The summed E-state index contributed by atoms with van der Waals surface area (Å²) < 4.78 is 11.1. The molecule has 1 aliphatic heterocycles. The van der Waals surface area contributed by atoms with Crippen molar-refractivity contribution in [3.63, 3.8) is 0 Å². The number of nitrogens with zero attached hydrogens (tertiary/aromatic N) is 1. The Bertz CT molecular complexity index is 373. The Kier molecular flexibility index (Phi) is 5.09. The molecule has 1 saturated heterocycles. The van der Waals surface area contributed by atoms with Crippen LogP contribution in [0.5, 0.6) is 11.5 Å². The molecule has 1 radical (unpaired) electrons. The molecular weight excluding hydrogens is 226 g/mol. The third-order valence-electron chi connectivity index (χ3n) is 2.98. The van der Waals surface area contributed by atoms with Gasteiger partial charge in [-0.2, -0.15) is 0 Å². The minimum absolute atomic E-state index is 0.505. The van der Waals surface area contributed by atoms with Crippen molar-refractivity contribution in [3.05, 3.63) is 36.9 Å². The summed E-state index contributed by atoms with van der Waals surface area (Å²) in [6.45, 7) is 8.26. The molecule has 0 N–H and O–H groups in total. The van der Waals surface area contributed by atoms with E-state index in [1.165, 1.54) is 25.9 Å². The largest absolute Gasteiger partial charge is 0.492 e. The predicted molar refractivity (Wildman–Crippen MR) is 72.1 cm³/mol. The van der Waals surface area contributed by atoms with Gasteiger partial charge < -0.3 is 9.47 Å². The highest BCUT2D eigenvalue weighted by Gasteiger charge is 2.10. The van der Waals surface area contributed by atoms with Crippen molar-refractivity contribution in [2.45, 2.75) is 12.8 Å². The lowest BCUT2D eigenvalue weighted by Gasteiger charge is -2.15. The fourth-order valence-corrected chi connectivity index (χ4v) is 2.05. The molecule has 1 aromatic rings. The maximum Gasteiger partial charge on any atom is 0.124 e. The molecule has 0 atom stereocenters. The van der Waals surface area contributed by atoms with E-state index < -0.39 is 0 Å². The number of hydrogen-bond acceptors (Lipinski definition) is 3. The smallest absolute Gasteiger partial charge is 0.124 e. The fourth-order valence-electron chi connectivity index (χ4n) is 2.05. The summed E-state index contributed by atoms with van der Waals surface area (Å²) in [6.07, 6.45) is 4.36.